The molecule has 6 heteroatoms. The summed E-state index contributed by atoms with van der Waals surface area (Å²) in [5, 5.41) is 7.95. The summed E-state index contributed by atoms with van der Waals surface area (Å²) in [5.74, 6) is -0.262. The lowest BCUT2D eigenvalue weighted by atomic mass is 10.1. The standard InChI is InChI=1S/C18H16FN3OS/c19-15-8-6-13(7-9-15)10-11-20-17(23)22-18-21-16(12-24-18)14-4-2-1-3-5-14/h1-9,12H,10-11H2,(H2,20,21,22,23). The van der Waals surface area contributed by atoms with Gasteiger partial charge in [-0.3, -0.25) is 5.32 Å². The fourth-order valence-corrected chi connectivity index (χ4v) is 2.90. The number of anilines is 1. The second-order valence-corrected chi connectivity index (χ2v) is 6.02. The third-order valence-electron chi connectivity index (χ3n) is 3.41. The van der Waals surface area contributed by atoms with E-state index >= 15 is 0 Å². The van der Waals surface area contributed by atoms with E-state index in [9.17, 15) is 9.18 Å². The molecule has 3 rings (SSSR count). The number of hydrogen-bond acceptors (Lipinski definition) is 3. The molecule has 0 aliphatic rings. The summed E-state index contributed by atoms with van der Waals surface area (Å²) >= 11 is 1.38. The molecule has 4 nitrogen and oxygen atoms in total. The predicted molar refractivity (Wildman–Crippen MR) is 94.7 cm³/mol. The minimum Gasteiger partial charge on any atom is -0.337 e. The average molecular weight is 341 g/mol. The molecule has 0 atom stereocenters. The Morgan fingerprint density at radius 1 is 1.08 bits per heavy atom. The second kappa shape index (κ2) is 7.70. The third kappa shape index (κ3) is 4.39. The first-order chi connectivity index (χ1) is 11.7. The first-order valence-electron chi connectivity index (χ1n) is 7.51. The van der Waals surface area contributed by atoms with E-state index in [1.807, 2.05) is 35.7 Å². The molecule has 0 unspecified atom stereocenters. The Labute approximate surface area is 143 Å². The van der Waals surface area contributed by atoms with Gasteiger partial charge in [-0.25, -0.2) is 14.2 Å². The monoisotopic (exact) mass is 341 g/mol. The maximum Gasteiger partial charge on any atom is 0.321 e. The molecule has 0 aliphatic heterocycles. The van der Waals surface area contributed by atoms with Crippen LogP contribution in [0.1, 0.15) is 5.56 Å². The fraction of sp³-hybridized carbons (Fsp3) is 0.111. The summed E-state index contributed by atoms with van der Waals surface area (Å²) in [6.45, 7) is 0.467. The Hall–Kier alpha value is -2.73. The van der Waals surface area contributed by atoms with Crippen LogP contribution >= 0.6 is 11.3 Å². The molecule has 0 saturated carbocycles. The van der Waals surface area contributed by atoms with Crippen molar-refractivity contribution in [2.24, 2.45) is 0 Å². The number of amides is 2. The fourth-order valence-electron chi connectivity index (χ4n) is 2.19. The molecule has 3 aromatic rings. The molecule has 0 aliphatic carbocycles. The van der Waals surface area contributed by atoms with Crippen LogP contribution in [0.25, 0.3) is 11.3 Å². The number of halogens is 1. The van der Waals surface area contributed by atoms with Crippen LogP contribution in [-0.2, 0) is 6.42 Å². The van der Waals surface area contributed by atoms with Gasteiger partial charge in [-0.1, -0.05) is 42.5 Å². The summed E-state index contributed by atoms with van der Waals surface area (Å²) in [4.78, 5) is 16.3. The number of thiazole rings is 1. The molecule has 0 bridgehead atoms. The second-order valence-electron chi connectivity index (χ2n) is 5.16. The van der Waals surface area contributed by atoms with Crippen LogP contribution in [0.2, 0.25) is 0 Å². The largest absolute Gasteiger partial charge is 0.337 e. The van der Waals surface area contributed by atoms with Crippen LogP contribution in [0.15, 0.2) is 60.0 Å². The van der Waals surface area contributed by atoms with Crippen molar-refractivity contribution in [1.29, 1.82) is 0 Å². The summed E-state index contributed by atoms with van der Waals surface area (Å²) in [6.07, 6.45) is 0.640. The van der Waals surface area contributed by atoms with Crippen LogP contribution in [0.5, 0.6) is 0 Å². The summed E-state index contributed by atoms with van der Waals surface area (Å²) < 4.78 is 12.8. The SMILES string of the molecule is O=C(NCCc1ccc(F)cc1)Nc1nc(-c2ccccc2)cs1. The number of hydrogen-bond donors (Lipinski definition) is 2. The van der Waals surface area contributed by atoms with Crippen molar-refractivity contribution in [3.63, 3.8) is 0 Å². The minimum atomic E-state index is -0.300. The van der Waals surface area contributed by atoms with E-state index in [4.69, 9.17) is 0 Å². The van der Waals surface area contributed by atoms with E-state index in [2.05, 4.69) is 15.6 Å². The lowest BCUT2D eigenvalue weighted by Crippen LogP contribution is -2.30. The number of carbonyl (C=O) groups excluding carboxylic acids is 1. The molecular formula is C18H16FN3OS. The highest BCUT2D eigenvalue weighted by Gasteiger charge is 2.07. The number of nitrogens with zero attached hydrogens (tertiary/aromatic N) is 1. The Bertz CT molecular complexity index is 803. The van der Waals surface area contributed by atoms with Gasteiger partial charge in [0.05, 0.1) is 5.69 Å². The number of carbonyl (C=O) groups is 1. The van der Waals surface area contributed by atoms with Gasteiger partial charge in [0.1, 0.15) is 5.82 Å². The molecule has 0 fully saturated rings. The van der Waals surface area contributed by atoms with E-state index in [1.54, 1.807) is 12.1 Å². The highest BCUT2D eigenvalue weighted by atomic mass is 32.1. The maximum absolute atomic E-state index is 12.8. The molecule has 2 aromatic carbocycles. The Morgan fingerprint density at radius 2 is 1.83 bits per heavy atom. The normalized spacial score (nSPS) is 10.4. The average Bonchev–Trinajstić information content (AvgIpc) is 3.06. The maximum atomic E-state index is 12.8. The molecule has 122 valence electrons. The van der Waals surface area contributed by atoms with Gasteiger partial charge in [-0.15, -0.1) is 11.3 Å². The first kappa shape index (κ1) is 16.1. The third-order valence-corrected chi connectivity index (χ3v) is 4.16. The van der Waals surface area contributed by atoms with Gasteiger partial charge in [0.15, 0.2) is 5.13 Å². The molecule has 1 heterocycles. The number of nitrogens with one attached hydrogen (secondary N) is 2. The number of rotatable bonds is 5. The van der Waals surface area contributed by atoms with Crippen molar-refractivity contribution >= 4 is 22.5 Å². The molecule has 2 N–H and O–H groups in total. The summed E-state index contributed by atoms with van der Waals surface area (Å²) in [6, 6.07) is 15.7. The van der Waals surface area contributed by atoms with Crippen molar-refractivity contribution in [2.45, 2.75) is 6.42 Å². The van der Waals surface area contributed by atoms with Gasteiger partial charge in [0.2, 0.25) is 0 Å². The number of urea groups is 1. The molecular weight excluding hydrogens is 325 g/mol. The lowest BCUT2D eigenvalue weighted by molar-refractivity contribution is 0.252. The first-order valence-corrected chi connectivity index (χ1v) is 8.39. The highest BCUT2D eigenvalue weighted by molar-refractivity contribution is 7.14. The van der Waals surface area contributed by atoms with Crippen molar-refractivity contribution in [3.05, 3.63) is 71.4 Å². The Morgan fingerprint density at radius 3 is 2.58 bits per heavy atom. The van der Waals surface area contributed by atoms with Crippen molar-refractivity contribution in [3.8, 4) is 11.3 Å². The highest BCUT2D eigenvalue weighted by Crippen LogP contribution is 2.24. The van der Waals surface area contributed by atoms with Crippen LogP contribution in [-0.4, -0.2) is 17.6 Å². The summed E-state index contributed by atoms with van der Waals surface area (Å²) in [5.41, 5.74) is 2.82. The van der Waals surface area contributed by atoms with Crippen molar-refractivity contribution in [2.75, 3.05) is 11.9 Å². The van der Waals surface area contributed by atoms with Gasteiger partial charge >= 0.3 is 6.03 Å². The zero-order valence-electron chi connectivity index (χ0n) is 12.8. The Kier molecular flexibility index (Phi) is 5.18. The van der Waals surface area contributed by atoms with Crippen molar-refractivity contribution < 1.29 is 9.18 Å². The van der Waals surface area contributed by atoms with Gasteiger partial charge in [0.25, 0.3) is 0 Å². The Balaban J connectivity index is 1.48. The zero-order valence-corrected chi connectivity index (χ0v) is 13.6. The van der Waals surface area contributed by atoms with Gasteiger partial charge in [-0.05, 0) is 24.1 Å². The van der Waals surface area contributed by atoms with Crippen molar-refractivity contribution in [1.82, 2.24) is 10.3 Å². The minimum absolute atomic E-state index is 0.262. The predicted octanol–water partition coefficient (Wildman–Crippen LogP) is 4.31. The zero-order chi connectivity index (χ0) is 16.8. The smallest absolute Gasteiger partial charge is 0.321 e. The molecule has 0 radical (unpaired) electrons. The van der Waals surface area contributed by atoms with E-state index in [-0.39, 0.29) is 11.8 Å². The van der Waals surface area contributed by atoms with E-state index in [0.717, 1.165) is 16.8 Å². The van der Waals surface area contributed by atoms with Crippen LogP contribution in [0, 0.1) is 5.82 Å². The van der Waals surface area contributed by atoms with E-state index in [0.29, 0.717) is 18.1 Å². The van der Waals surface area contributed by atoms with Gasteiger partial charge < -0.3 is 5.32 Å². The van der Waals surface area contributed by atoms with Crippen LogP contribution < -0.4 is 10.6 Å². The number of benzene rings is 2. The van der Waals surface area contributed by atoms with E-state index in [1.165, 1.54) is 23.5 Å². The van der Waals surface area contributed by atoms with Crippen LogP contribution in [0.3, 0.4) is 0 Å². The molecule has 0 spiro atoms. The molecule has 0 saturated heterocycles. The quantitative estimate of drug-likeness (QED) is 0.726. The van der Waals surface area contributed by atoms with Gasteiger partial charge in [-0.2, -0.15) is 0 Å². The topological polar surface area (TPSA) is 54.0 Å². The lowest BCUT2D eigenvalue weighted by Gasteiger charge is -2.05. The van der Waals surface area contributed by atoms with Crippen LogP contribution in [0.4, 0.5) is 14.3 Å². The summed E-state index contributed by atoms with van der Waals surface area (Å²) in [7, 11) is 0. The van der Waals surface area contributed by atoms with E-state index < -0.39 is 0 Å². The number of aromatic nitrogens is 1. The molecule has 24 heavy (non-hydrogen) atoms. The molecule has 2 amide bonds. The van der Waals surface area contributed by atoms with Gasteiger partial charge in [0, 0.05) is 17.5 Å². The molecule has 1 aromatic heterocycles.